The molecule has 0 spiro atoms. The number of carbonyl (C=O) groups excluding carboxylic acids is 1. The van der Waals surface area contributed by atoms with Crippen molar-refractivity contribution in [2.45, 2.75) is 27.7 Å². The third-order valence-corrected chi connectivity index (χ3v) is 4.89. The quantitative estimate of drug-likeness (QED) is 0.673. The van der Waals surface area contributed by atoms with Gasteiger partial charge in [-0.15, -0.1) is 0 Å². The average Bonchev–Trinajstić information content (AvgIpc) is 3.21. The first-order chi connectivity index (χ1) is 13.8. The Bertz CT molecular complexity index is 858. The van der Waals surface area contributed by atoms with Gasteiger partial charge in [0.25, 0.3) is 5.91 Å². The minimum absolute atomic E-state index is 0. The van der Waals surface area contributed by atoms with Crippen LogP contribution in [0.1, 0.15) is 41.1 Å². The number of amides is 1. The Balaban J connectivity index is 0. The molecule has 29 heavy (non-hydrogen) atoms. The van der Waals surface area contributed by atoms with E-state index in [9.17, 15) is 18.0 Å². The lowest BCUT2D eigenvalue weighted by Crippen LogP contribution is -2.21. The van der Waals surface area contributed by atoms with Gasteiger partial charge >= 0.3 is 0 Å². The van der Waals surface area contributed by atoms with E-state index in [-0.39, 0.29) is 15.7 Å². The Hall–Kier alpha value is -2.48. The van der Waals surface area contributed by atoms with Crippen molar-refractivity contribution in [1.29, 1.82) is 0 Å². The lowest BCUT2D eigenvalue weighted by molar-refractivity contribution is 0.101. The van der Waals surface area contributed by atoms with Gasteiger partial charge in [0.1, 0.15) is 5.69 Å². The highest BCUT2D eigenvalue weighted by atomic mass is 19.2. The monoisotopic (exact) mass is 417 g/mol. The predicted octanol–water partition coefficient (Wildman–Crippen LogP) is 5.00. The molecule has 166 valence electrons. The van der Waals surface area contributed by atoms with E-state index in [4.69, 9.17) is 4.74 Å². The van der Waals surface area contributed by atoms with Gasteiger partial charge in [-0.25, -0.2) is 13.2 Å². The molecule has 1 aromatic heterocycles. The van der Waals surface area contributed by atoms with Gasteiger partial charge in [-0.05, 0) is 19.4 Å². The Kier molecular flexibility index (Phi) is 7.73. The Morgan fingerprint density at radius 1 is 1.28 bits per heavy atom. The number of nitrogens with one attached hydrogen (secondary N) is 2. The summed E-state index contributed by atoms with van der Waals surface area (Å²) in [6.07, 6.45) is 1.74. The first kappa shape index (κ1) is 22.8. The molecule has 1 fully saturated rings. The molecule has 8 heteroatoms. The number of ether oxygens (including phenoxy) is 1. The molecule has 5 nitrogen and oxygen atoms in total. The number of aromatic nitrogens is 1. The van der Waals surface area contributed by atoms with Crippen molar-refractivity contribution in [3.05, 3.63) is 47.0 Å². The van der Waals surface area contributed by atoms with Crippen molar-refractivity contribution in [1.82, 2.24) is 9.88 Å². The van der Waals surface area contributed by atoms with E-state index in [0.717, 1.165) is 30.8 Å². The summed E-state index contributed by atoms with van der Waals surface area (Å²) >= 11 is 0. The third kappa shape index (κ3) is 5.12. The van der Waals surface area contributed by atoms with Gasteiger partial charge < -0.3 is 19.9 Å². The average molecular weight is 418 g/mol. The highest BCUT2D eigenvalue weighted by Crippen LogP contribution is 2.28. The van der Waals surface area contributed by atoms with Crippen LogP contribution in [-0.4, -0.2) is 30.2 Å². The summed E-state index contributed by atoms with van der Waals surface area (Å²) < 4.78 is 47.4. The molecule has 2 aromatic rings. The van der Waals surface area contributed by atoms with E-state index < -0.39 is 23.4 Å². The number of hydrogen-bond acceptors (Lipinski definition) is 3. The van der Waals surface area contributed by atoms with Gasteiger partial charge in [0.15, 0.2) is 23.2 Å². The Morgan fingerprint density at radius 2 is 1.90 bits per heavy atom. The van der Waals surface area contributed by atoms with E-state index in [1.54, 1.807) is 17.8 Å². The van der Waals surface area contributed by atoms with E-state index in [2.05, 4.69) is 17.6 Å². The molecular weight excluding hydrogens is 383 g/mol. The van der Waals surface area contributed by atoms with Gasteiger partial charge in [0, 0.05) is 53.4 Å². The van der Waals surface area contributed by atoms with E-state index in [1.807, 2.05) is 20.8 Å². The van der Waals surface area contributed by atoms with Crippen LogP contribution in [-0.2, 0) is 7.05 Å². The first-order valence-corrected chi connectivity index (χ1v) is 9.73. The number of nitrogens with zero attached hydrogens (tertiary/aromatic N) is 1. The van der Waals surface area contributed by atoms with Gasteiger partial charge in [-0.2, -0.15) is 0 Å². The molecule has 1 saturated heterocycles. The zero-order valence-corrected chi connectivity index (χ0v) is 17.4. The molecule has 2 N–H and O–H groups in total. The lowest BCUT2D eigenvalue weighted by Gasteiger charge is -2.16. The molecule has 2 heterocycles. The van der Waals surface area contributed by atoms with Crippen LogP contribution < -0.4 is 15.4 Å². The van der Waals surface area contributed by atoms with Crippen molar-refractivity contribution in [2.24, 2.45) is 18.9 Å². The molecule has 1 amide bonds. The van der Waals surface area contributed by atoms with E-state index in [1.165, 1.54) is 0 Å². The maximum Gasteiger partial charge on any atom is 0.276 e. The molecule has 0 saturated carbocycles. The minimum Gasteiger partial charge on any atom is -0.490 e. The van der Waals surface area contributed by atoms with Gasteiger partial charge in [-0.1, -0.05) is 20.8 Å². The normalized spacial score (nSPS) is 18.2. The van der Waals surface area contributed by atoms with Crippen LogP contribution in [0.4, 0.5) is 18.9 Å². The van der Waals surface area contributed by atoms with Crippen molar-refractivity contribution in [2.75, 3.05) is 25.0 Å². The summed E-state index contributed by atoms with van der Waals surface area (Å²) in [6.45, 7) is 10.2. The summed E-state index contributed by atoms with van der Waals surface area (Å²) in [5.41, 5.74) is 0.837. The molecule has 1 aromatic carbocycles. The molecule has 0 bridgehead atoms. The van der Waals surface area contributed by atoms with Crippen LogP contribution in [0.2, 0.25) is 0 Å². The number of carbonyl (C=O) groups is 1. The van der Waals surface area contributed by atoms with Crippen molar-refractivity contribution in [3.8, 4) is 5.75 Å². The van der Waals surface area contributed by atoms with Gasteiger partial charge in [0.05, 0.1) is 6.61 Å². The fourth-order valence-electron chi connectivity index (χ4n) is 3.30. The summed E-state index contributed by atoms with van der Waals surface area (Å²) in [7, 11) is 1.68. The number of rotatable bonds is 5. The fraction of sp³-hybridized carbons (Fsp3) is 0.476. The molecule has 3 rings (SSSR count). The number of anilines is 1. The first-order valence-electron chi connectivity index (χ1n) is 9.73. The third-order valence-electron chi connectivity index (χ3n) is 4.89. The van der Waals surface area contributed by atoms with E-state index in [0.29, 0.717) is 24.2 Å². The standard InChI is InChI=1S/C19H22F3N3O2.C2H6.3H2/c1-10-6-23-7-12(10)9-27-18-11(2)8-25(3)17(18)19(26)24-13-4-14(20)16(22)15(21)5-13;1-2;;;/h4-5,8,10,12,23H,6-7,9H2,1-3H3,(H,24,26);1-2H3;3*1H. The summed E-state index contributed by atoms with van der Waals surface area (Å²) in [5, 5.41) is 5.70. The molecule has 2 atom stereocenters. The molecule has 0 radical (unpaired) electrons. The topological polar surface area (TPSA) is 55.3 Å². The maximum absolute atomic E-state index is 13.4. The summed E-state index contributed by atoms with van der Waals surface area (Å²) in [6, 6.07) is 1.47. The molecule has 0 aliphatic carbocycles. The lowest BCUT2D eigenvalue weighted by atomic mass is 9.99. The van der Waals surface area contributed by atoms with Crippen LogP contribution in [0.25, 0.3) is 0 Å². The van der Waals surface area contributed by atoms with Crippen molar-refractivity contribution >= 4 is 11.6 Å². The SMILES string of the molecule is CC.Cc1cn(C)c(C(=O)Nc2cc(F)c(F)c(F)c2)c1OCC1CNCC1C.[HH].[HH].[HH]. The smallest absolute Gasteiger partial charge is 0.276 e. The van der Waals surface area contributed by atoms with E-state index >= 15 is 0 Å². The van der Waals surface area contributed by atoms with Gasteiger partial charge in [0.2, 0.25) is 0 Å². The molecule has 1 aliphatic rings. The molecule has 2 unspecified atom stereocenters. The van der Waals surface area contributed by atoms with Crippen LogP contribution in [0.5, 0.6) is 5.75 Å². The van der Waals surface area contributed by atoms with Gasteiger partial charge in [-0.3, -0.25) is 4.79 Å². The zero-order chi connectivity index (χ0) is 21.7. The van der Waals surface area contributed by atoms with Crippen LogP contribution >= 0.6 is 0 Å². The second-order valence-corrected chi connectivity index (χ2v) is 7.02. The number of halogens is 3. The van der Waals surface area contributed by atoms with Crippen LogP contribution in [0, 0.1) is 36.2 Å². The second-order valence-electron chi connectivity index (χ2n) is 7.02. The highest BCUT2D eigenvalue weighted by Gasteiger charge is 2.26. The largest absolute Gasteiger partial charge is 0.490 e. The predicted molar refractivity (Wildman–Crippen MR) is 113 cm³/mol. The Morgan fingerprint density at radius 3 is 2.45 bits per heavy atom. The Labute approximate surface area is 173 Å². The van der Waals surface area contributed by atoms with Crippen molar-refractivity contribution in [3.63, 3.8) is 0 Å². The second kappa shape index (κ2) is 9.82. The number of benzene rings is 1. The van der Waals surface area contributed by atoms with Crippen LogP contribution in [0.15, 0.2) is 18.3 Å². The number of aryl methyl sites for hydroxylation is 2. The fourth-order valence-corrected chi connectivity index (χ4v) is 3.30. The minimum atomic E-state index is -1.58. The van der Waals surface area contributed by atoms with Crippen LogP contribution in [0.3, 0.4) is 0 Å². The zero-order valence-electron chi connectivity index (χ0n) is 17.4. The molecular formula is C21H34F3N3O2. The summed E-state index contributed by atoms with van der Waals surface area (Å²) in [4.78, 5) is 12.7. The maximum atomic E-state index is 13.4. The molecule has 1 aliphatic heterocycles. The summed E-state index contributed by atoms with van der Waals surface area (Å²) in [5.74, 6) is -3.68. The number of hydrogen-bond donors (Lipinski definition) is 2. The van der Waals surface area contributed by atoms with Crippen molar-refractivity contribution < 1.29 is 27.0 Å². The highest BCUT2D eigenvalue weighted by molar-refractivity contribution is 6.05.